The van der Waals surface area contributed by atoms with Crippen LogP contribution in [0.5, 0.6) is 23.1 Å². The van der Waals surface area contributed by atoms with E-state index in [2.05, 4.69) is 36.4 Å². The highest BCUT2D eigenvalue weighted by Gasteiger charge is 2.20. The molecule has 0 atom stereocenters. The second-order valence-electron chi connectivity index (χ2n) is 9.44. The third-order valence-corrected chi connectivity index (χ3v) is 5.60. The molecule has 7 nitrogen and oxygen atoms in total. The summed E-state index contributed by atoms with van der Waals surface area (Å²) in [6.45, 7) is 6.79. The molecule has 0 aliphatic carbocycles. The lowest BCUT2D eigenvalue weighted by atomic mass is 9.86. The molecule has 1 heterocycles. The van der Waals surface area contributed by atoms with Crippen molar-refractivity contribution >= 4 is 17.4 Å². The van der Waals surface area contributed by atoms with Gasteiger partial charge in [0.1, 0.15) is 29.5 Å². The van der Waals surface area contributed by atoms with Gasteiger partial charge in [0.25, 0.3) is 0 Å². The van der Waals surface area contributed by atoms with Gasteiger partial charge in [0.2, 0.25) is 5.88 Å². The van der Waals surface area contributed by atoms with Gasteiger partial charge in [-0.15, -0.1) is 0 Å². The Kier molecular flexibility index (Phi) is 7.93. The molecule has 0 fully saturated rings. The van der Waals surface area contributed by atoms with E-state index < -0.39 is 6.03 Å². The minimum absolute atomic E-state index is 0.110. The standard InChI is InChI=1S/C30H31N3O4/c1-30(2,3)25-8-5-6-10-27(25)37-28-26(9-7-19-31-28)33-29(34)32-22-13-17-24(18-14-22)36-20-21-11-15-23(35-4)16-12-21/h5-19H,20H2,1-4H3,(H2,32,33,34). The summed E-state index contributed by atoms with van der Waals surface area (Å²) in [6.07, 6.45) is 1.63. The molecule has 0 unspecified atom stereocenters. The van der Waals surface area contributed by atoms with Gasteiger partial charge in [-0.25, -0.2) is 9.78 Å². The first-order valence-corrected chi connectivity index (χ1v) is 12.0. The van der Waals surface area contributed by atoms with E-state index in [4.69, 9.17) is 14.2 Å². The highest BCUT2D eigenvalue weighted by Crippen LogP contribution is 2.35. The first-order chi connectivity index (χ1) is 17.8. The van der Waals surface area contributed by atoms with Gasteiger partial charge in [0.15, 0.2) is 0 Å². The van der Waals surface area contributed by atoms with E-state index in [9.17, 15) is 4.79 Å². The van der Waals surface area contributed by atoms with Crippen LogP contribution in [0.1, 0.15) is 31.9 Å². The van der Waals surface area contributed by atoms with Crippen LogP contribution in [-0.4, -0.2) is 18.1 Å². The number of urea groups is 1. The number of hydrogen-bond donors (Lipinski definition) is 2. The Balaban J connectivity index is 1.36. The molecular formula is C30H31N3O4. The maximum absolute atomic E-state index is 12.7. The Morgan fingerprint density at radius 1 is 0.838 bits per heavy atom. The molecule has 0 radical (unpaired) electrons. The third-order valence-electron chi connectivity index (χ3n) is 5.60. The molecule has 0 aliphatic heterocycles. The zero-order chi connectivity index (χ0) is 26.3. The third kappa shape index (κ3) is 7.01. The molecule has 1 aromatic heterocycles. The molecule has 4 aromatic rings. The summed E-state index contributed by atoms with van der Waals surface area (Å²) in [7, 11) is 1.64. The van der Waals surface area contributed by atoms with Crippen LogP contribution in [0.25, 0.3) is 0 Å². The summed E-state index contributed by atoms with van der Waals surface area (Å²) in [6, 6.07) is 25.8. The lowest BCUT2D eigenvalue weighted by Gasteiger charge is -2.22. The smallest absolute Gasteiger partial charge is 0.323 e. The number of ether oxygens (including phenoxy) is 3. The molecule has 0 aliphatic rings. The lowest BCUT2D eigenvalue weighted by Crippen LogP contribution is -2.20. The predicted octanol–water partition coefficient (Wildman–Crippen LogP) is 7.40. The quantitative estimate of drug-likeness (QED) is 0.265. The second kappa shape index (κ2) is 11.5. The number of amides is 2. The van der Waals surface area contributed by atoms with E-state index >= 15 is 0 Å². The van der Waals surface area contributed by atoms with Crippen LogP contribution in [0.4, 0.5) is 16.2 Å². The maximum Gasteiger partial charge on any atom is 0.323 e. The fourth-order valence-corrected chi connectivity index (χ4v) is 3.65. The van der Waals surface area contributed by atoms with Crippen molar-refractivity contribution < 1.29 is 19.0 Å². The number of pyridine rings is 1. The Morgan fingerprint density at radius 3 is 2.24 bits per heavy atom. The normalized spacial score (nSPS) is 10.9. The van der Waals surface area contributed by atoms with Crippen molar-refractivity contribution in [3.05, 3.63) is 102 Å². The predicted molar refractivity (Wildman–Crippen MR) is 146 cm³/mol. The number of rotatable bonds is 8. The van der Waals surface area contributed by atoms with Crippen molar-refractivity contribution in [1.29, 1.82) is 0 Å². The van der Waals surface area contributed by atoms with Crippen molar-refractivity contribution in [2.75, 3.05) is 17.7 Å². The van der Waals surface area contributed by atoms with Gasteiger partial charge >= 0.3 is 6.03 Å². The summed E-state index contributed by atoms with van der Waals surface area (Å²) < 4.78 is 17.1. The van der Waals surface area contributed by atoms with Crippen LogP contribution in [0.2, 0.25) is 0 Å². The van der Waals surface area contributed by atoms with Crippen LogP contribution in [0.15, 0.2) is 91.1 Å². The average molecular weight is 498 g/mol. The fourth-order valence-electron chi connectivity index (χ4n) is 3.65. The summed E-state index contributed by atoms with van der Waals surface area (Å²) in [5.74, 6) is 2.51. The number of nitrogens with zero attached hydrogens (tertiary/aromatic N) is 1. The number of para-hydroxylation sites is 1. The Bertz CT molecular complexity index is 1330. The van der Waals surface area contributed by atoms with Crippen LogP contribution in [0, 0.1) is 0 Å². The van der Waals surface area contributed by atoms with Gasteiger partial charge in [0.05, 0.1) is 7.11 Å². The van der Waals surface area contributed by atoms with E-state index in [1.54, 1.807) is 49.7 Å². The molecule has 3 aromatic carbocycles. The molecule has 0 saturated heterocycles. The van der Waals surface area contributed by atoms with Crippen molar-refractivity contribution in [1.82, 2.24) is 4.98 Å². The molecule has 2 amide bonds. The van der Waals surface area contributed by atoms with Crippen molar-refractivity contribution in [2.24, 2.45) is 0 Å². The molecule has 0 spiro atoms. The van der Waals surface area contributed by atoms with Crippen molar-refractivity contribution in [3.8, 4) is 23.1 Å². The second-order valence-corrected chi connectivity index (χ2v) is 9.44. The van der Waals surface area contributed by atoms with E-state index in [0.717, 1.165) is 16.9 Å². The SMILES string of the molecule is COc1ccc(COc2ccc(NC(=O)Nc3cccnc3Oc3ccccc3C(C)(C)C)cc2)cc1. The van der Waals surface area contributed by atoms with Gasteiger partial charge in [-0.1, -0.05) is 51.1 Å². The van der Waals surface area contributed by atoms with Gasteiger partial charge in [-0.05, 0) is 65.6 Å². The molecule has 0 saturated carbocycles. The zero-order valence-corrected chi connectivity index (χ0v) is 21.4. The molecule has 4 rings (SSSR count). The number of anilines is 2. The van der Waals surface area contributed by atoms with Crippen LogP contribution in [0.3, 0.4) is 0 Å². The molecule has 2 N–H and O–H groups in total. The number of methoxy groups -OCH3 is 1. The Labute approximate surface area is 217 Å². The highest BCUT2D eigenvalue weighted by molar-refractivity contribution is 6.00. The number of carbonyl (C=O) groups excluding carboxylic acids is 1. The summed E-state index contributed by atoms with van der Waals surface area (Å²) in [4.78, 5) is 17.0. The molecule has 190 valence electrons. The molecule has 7 heteroatoms. The Morgan fingerprint density at radius 2 is 1.54 bits per heavy atom. The van der Waals surface area contributed by atoms with Crippen molar-refractivity contribution in [2.45, 2.75) is 32.8 Å². The number of hydrogen-bond acceptors (Lipinski definition) is 5. The lowest BCUT2D eigenvalue weighted by molar-refractivity contribution is 0.262. The maximum atomic E-state index is 12.7. The van der Waals surface area contributed by atoms with E-state index in [1.807, 2.05) is 48.5 Å². The first-order valence-electron chi connectivity index (χ1n) is 12.0. The monoisotopic (exact) mass is 497 g/mol. The van der Waals surface area contributed by atoms with Crippen LogP contribution < -0.4 is 24.8 Å². The number of nitrogens with one attached hydrogen (secondary N) is 2. The van der Waals surface area contributed by atoms with Gasteiger partial charge < -0.3 is 24.8 Å². The summed E-state index contributed by atoms with van der Waals surface area (Å²) in [5.41, 5.74) is 3.05. The van der Waals surface area contributed by atoms with E-state index in [-0.39, 0.29) is 5.41 Å². The number of carbonyl (C=O) groups is 1. The molecule has 37 heavy (non-hydrogen) atoms. The fraction of sp³-hybridized carbons (Fsp3) is 0.200. The van der Waals surface area contributed by atoms with E-state index in [1.165, 1.54) is 0 Å². The van der Waals surface area contributed by atoms with Crippen LogP contribution in [-0.2, 0) is 12.0 Å². The average Bonchev–Trinajstić information content (AvgIpc) is 2.89. The van der Waals surface area contributed by atoms with Gasteiger partial charge in [0, 0.05) is 17.4 Å². The van der Waals surface area contributed by atoms with Gasteiger partial charge in [-0.3, -0.25) is 0 Å². The Hall–Kier alpha value is -4.52. The zero-order valence-electron chi connectivity index (χ0n) is 21.4. The van der Waals surface area contributed by atoms with Crippen LogP contribution >= 0.6 is 0 Å². The van der Waals surface area contributed by atoms with E-state index in [0.29, 0.717) is 35.4 Å². The largest absolute Gasteiger partial charge is 0.497 e. The molecular weight excluding hydrogens is 466 g/mol. The van der Waals surface area contributed by atoms with Gasteiger partial charge in [-0.2, -0.15) is 0 Å². The summed E-state index contributed by atoms with van der Waals surface area (Å²) >= 11 is 0. The number of benzene rings is 3. The minimum atomic E-state index is -0.408. The van der Waals surface area contributed by atoms with Crippen molar-refractivity contribution in [3.63, 3.8) is 0 Å². The first kappa shape index (κ1) is 25.6. The summed E-state index contributed by atoms with van der Waals surface area (Å²) in [5, 5.41) is 5.66. The highest BCUT2D eigenvalue weighted by atomic mass is 16.5. The topological polar surface area (TPSA) is 81.7 Å². The number of aromatic nitrogens is 1. The minimum Gasteiger partial charge on any atom is -0.497 e. The molecule has 0 bridgehead atoms.